The van der Waals surface area contributed by atoms with Gasteiger partial charge in [0.15, 0.2) is 5.16 Å². The number of hydrogen-bond donors (Lipinski definition) is 2. The van der Waals surface area contributed by atoms with Crippen LogP contribution >= 0.6 is 11.8 Å². The van der Waals surface area contributed by atoms with E-state index in [0.717, 1.165) is 40.8 Å². The van der Waals surface area contributed by atoms with Crippen molar-refractivity contribution in [1.82, 2.24) is 9.97 Å². The van der Waals surface area contributed by atoms with Crippen LogP contribution in [0.1, 0.15) is 6.42 Å². The molecule has 1 unspecified atom stereocenters. The Kier molecular flexibility index (Phi) is 2.94. The fraction of sp³-hybridized carbons (Fsp3) is 0.417. The highest BCUT2D eigenvalue weighted by Gasteiger charge is 2.16. The standard InChI is InChI=1S/C12H15N3OS/c13-9-1-2-10-11(5-9)15-12(14-10)17-7-8-3-4-16-6-8/h1-2,5,8H,3-4,6-7,13H2,(H,14,15). The number of thioether (sulfide) groups is 1. The van der Waals surface area contributed by atoms with E-state index >= 15 is 0 Å². The van der Waals surface area contributed by atoms with Gasteiger partial charge in [-0.25, -0.2) is 4.98 Å². The van der Waals surface area contributed by atoms with Crippen LogP contribution in [0.25, 0.3) is 11.0 Å². The minimum atomic E-state index is 0.665. The van der Waals surface area contributed by atoms with Gasteiger partial charge in [0.2, 0.25) is 0 Å². The summed E-state index contributed by atoms with van der Waals surface area (Å²) >= 11 is 1.76. The first kappa shape index (κ1) is 10.9. The van der Waals surface area contributed by atoms with Gasteiger partial charge in [-0.1, -0.05) is 11.8 Å². The highest BCUT2D eigenvalue weighted by Crippen LogP contribution is 2.25. The van der Waals surface area contributed by atoms with Gasteiger partial charge < -0.3 is 15.5 Å². The molecular weight excluding hydrogens is 234 g/mol. The molecule has 0 bridgehead atoms. The number of H-pyrrole nitrogens is 1. The lowest BCUT2D eigenvalue weighted by Crippen LogP contribution is -2.02. The molecule has 0 aliphatic carbocycles. The van der Waals surface area contributed by atoms with E-state index < -0.39 is 0 Å². The number of nitrogens with zero attached hydrogens (tertiary/aromatic N) is 1. The van der Waals surface area contributed by atoms with Crippen LogP contribution in [0.5, 0.6) is 0 Å². The predicted molar refractivity (Wildman–Crippen MR) is 70.2 cm³/mol. The van der Waals surface area contributed by atoms with Crippen LogP contribution < -0.4 is 5.73 Å². The van der Waals surface area contributed by atoms with Gasteiger partial charge in [-0.15, -0.1) is 0 Å². The number of anilines is 1. The van der Waals surface area contributed by atoms with Crippen molar-refractivity contribution >= 4 is 28.5 Å². The fourth-order valence-electron chi connectivity index (χ4n) is 1.98. The monoisotopic (exact) mass is 249 g/mol. The van der Waals surface area contributed by atoms with Gasteiger partial charge >= 0.3 is 0 Å². The Hall–Kier alpha value is -1.20. The number of nitrogens with one attached hydrogen (secondary N) is 1. The Bertz CT molecular complexity index is 519. The second-order valence-corrected chi connectivity index (χ2v) is 5.37. The number of rotatable bonds is 3. The van der Waals surface area contributed by atoms with Gasteiger partial charge in [0, 0.05) is 18.0 Å². The van der Waals surface area contributed by atoms with Crippen molar-refractivity contribution in [2.24, 2.45) is 5.92 Å². The summed E-state index contributed by atoms with van der Waals surface area (Å²) in [5, 5.41) is 0.970. The zero-order chi connectivity index (χ0) is 11.7. The molecule has 5 heteroatoms. The van der Waals surface area contributed by atoms with Gasteiger partial charge in [-0.3, -0.25) is 0 Å². The third kappa shape index (κ3) is 2.40. The Balaban J connectivity index is 1.72. The van der Waals surface area contributed by atoms with Gasteiger partial charge in [0.1, 0.15) is 0 Å². The first-order valence-electron chi connectivity index (χ1n) is 5.77. The van der Waals surface area contributed by atoms with E-state index in [2.05, 4.69) is 9.97 Å². The minimum Gasteiger partial charge on any atom is -0.399 e. The molecule has 17 heavy (non-hydrogen) atoms. The Labute approximate surface area is 104 Å². The molecule has 1 aromatic carbocycles. The average Bonchev–Trinajstić information content (AvgIpc) is 2.94. The number of aromatic nitrogens is 2. The smallest absolute Gasteiger partial charge is 0.166 e. The topological polar surface area (TPSA) is 63.9 Å². The number of fused-ring (bicyclic) bond motifs is 1. The maximum atomic E-state index is 5.74. The van der Waals surface area contributed by atoms with E-state index in [4.69, 9.17) is 10.5 Å². The molecule has 1 atom stereocenters. The van der Waals surface area contributed by atoms with E-state index in [9.17, 15) is 0 Å². The molecule has 1 aliphatic heterocycles. The molecule has 2 heterocycles. The summed E-state index contributed by atoms with van der Waals surface area (Å²) in [5.74, 6) is 1.73. The van der Waals surface area contributed by atoms with E-state index in [1.54, 1.807) is 11.8 Å². The van der Waals surface area contributed by atoms with Crippen molar-refractivity contribution in [3.8, 4) is 0 Å². The van der Waals surface area contributed by atoms with Crippen molar-refractivity contribution < 1.29 is 4.74 Å². The molecule has 2 aromatic rings. The van der Waals surface area contributed by atoms with Crippen molar-refractivity contribution in [2.75, 3.05) is 24.7 Å². The zero-order valence-corrected chi connectivity index (χ0v) is 10.3. The Morgan fingerprint density at radius 3 is 3.29 bits per heavy atom. The SMILES string of the molecule is Nc1ccc2nc(SCC3CCOC3)[nH]c2c1. The van der Waals surface area contributed by atoms with Crippen LogP contribution in [0, 0.1) is 5.92 Å². The van der Waals surface area contributed by atoms with Gasteiger partial charge in [0.25, 0.3) is 0 Å². The molecule has 90 valence electrons. The number of benzene rings is 1. The first-order chi connectivity index (χ1) is 8.31. The lowest BCUT2D eigenvalue weighted by Gasteiger charge is -2.03. The van der Waals surface area contributed by atoms with E-state index in [1.165, 1.54) is 6.42 Å². The summed E-state index contributed by atoms with van der Waals surface area (Å²) in [6, 6.07) is 5.75. The van der Waals surface area contributed by atoms with Crippen LogP contribution in [-0.2, 0) is 4.74 Å². The maximum Gasteiger partial charge on any atom is 0.166 e. The lowest BCUT2D eigenvalue weighted by molar-refractivity contribution is 0.189. The van der Waals surface area contributed by atoms with E-state index in [1.807, 2.05) is 18.2 Å². The van der Waals surface area contributed by atoms with E-state index in [-0.39, 0.29) is 0 Å². The largest absolute Gasteiger partial charge is 0.399 e. The summed E-state index contributed by atoms with van der Waals surface area (Å²) in [4.78, 5) is 7.82. The molecule has 0 spiro atoms. The molecule has 3 rings (SSSR count). The number of hydrogen-bond acceptors (Lipinski definition) is 4. The third-order valence-corrected chi connectivity index (χ3v) is 4.07. The molecule has 3 N–H and O–H groups in total. The molecular formula is C12H15N3OS. The van der Waals surface area contributed by atoms with Gasteiger partial charge in [-0.2, -0.15) is 0 Å². The first-order valence-corrected chi connectivity index (χ1v) is 6.75. The summed E-state index contributed by atoms with van der Waals surface area (Å²) in [5.41, 5.74) is 8.49. The van der Waals surface area contributed by atoms with Crippen LogP contribution in [0.15, 0.2) is 23.4 Å². The maximum absolute atomic E-state index is 5.74. The Morgan fingerprint density at radius 1 is 1.53 bits per heavy atom. The number of imidazole rings is 1. The second kappa shape index (κ2) is 4.58. The molecule has 4 nitrogen and oxygen atoms in total. The van der Waals surface area contributed by atoms with Gasteiger partial charge in [0.05, 0.1) is 17.6 Å². The summed E-state index contributed by atoms with van der Waals surface area (Å²) in [6.07, 6.45) is 1.17. The molecule has 1 aliphatic rings. The van der Waals surface area contributed by atoms with Crippen LogP contribution in [0.3, 0.4) is 0 Å². The molecule has 1 saturated heterocycles. The van der Waals surface area contributed by atoms with Crippen molar-refractivity contribution in [1.29, 1.82) is 0 Å². The molecule has 0 radical (unpaired) electrons. The number of aromatic amines is 1. The van der Waals surface area contributed by atoms with Crippen LogP contribution in [0.4, 0.5) is 5.69 Å². The molecule has 0 saturated carbocycles. The lowest BCUT2D eigenvalue weighted by atomic mass is 10.2. The molecule has 1 aromatic heterocycles. The van der Waals surface area contributed by atoms with Gasteiger partial charge in [-0.05, 0) is 30.5 Å². The summed E-state index contributed by atoms with van der Waals surface area (Å²) < 4.78 is 5.36. The Morgan fingerprint density at radius 2 is 2.47 bits per heavy atom. The molecule has 0 amide bonds. The minimum absolute atomic E-state index is 0.665. The molecule has 1 fully saturated rings. The van der Waals surface area contributed by atoms with Crippen molar-refractivity contribution in [3.05, 3.63) is 18.2 Å². The second-order valence-electron chi connectivity index (χ2n) is 4.36. The van der Waals surface area contributed by atoms with Crippen molar-refractivity contribution in [3.63, 3.8) is 0 Å². The van der Waals surface area contributed by atoms with Crippen molar-refractivity contribution in [2.45, 2.75) is 11.6 Å². The number of nitrogen functional groups attached to an aromatic ring is 1. The quantitative estimate of drug-likeness (QED) is 0.647. The summed E-state index contributed by atoms with van der Waals surface area (Å²) in [6.45, 7) is 1.79. The predicted octanol–water partition coefficient (Wildman–Crippen LogP) is 2.27. The van der Waals surface area contributed by atoms with Crippen LogP contribution in [0.2, 0.25) is 0 Å². The van der Waals surface area contributed by atoms with Crippen LogP contribution in [-0.4, -0.2) is 28.9 Å². The zero-order valence-electron chi connectivity index (χ0n) is 9.48. The highest BCUT2D eigenvalue weighted by molar-refractivity contribution is 7.99. The van der Waals surface area contributed by atoms with E-state index in [0.29, 0.717) is 5.92 Å². The fourth-order valence-corrected chi connectivity index (χ4v) is 2.99. The highest BCUT2D eigenvalue weighted by atomic mass is 32.2. The number of nitrogens with two attached hydrogens (primary N) is 1. The average molecular weight is 249 g/mol. The normalized spacial score (nSPS) is 20.1. The number of ether oxygens (including phenoxy) is 1. The third-order valence-electron chi connectivity index (χ3n) is 2.96. The summed E-state index contributed by atoms with van der Waals surface area (Å²) in [7, 11) is 0.